The zero-order chi connectivity index (χ0) is 19.5. The fourth-order valence-electron chi connectivity index (χ4n) is 3.57. The SMILES string of the molecule is COc1ccccc1C1CNCCN1C(=O)Cn1nnc2ccccc2c1=O.Cl. The van der Waals surface area contributed by atoms with E-state index in [4.69, 9.17) is 4.74 Å². The fourth-order valence-corrected chi connectivity index (χ4v) is 3.57. The third-order valence-corrected chi connectivity index (χ3v) is 4.98. The molecule has 1 aliphatic rings. The van der Waals surface area contributed by atoms with Gasteiger partial charge in [-0.15, -0.1) is 17.5 Å². The second kappa shape index (κ2) is 9.02. The number of amides is 1. The first-order chi connectivity index (χ1) is 13.7. The maximum absolute atomic E-state index is 13.1. The molecule has 1 aliphatic heterocycles. The molecular weight excluding hydrogens is 394 g/mol. The van der Waals surface area contributed by atoms with E-state index in [2.05, 4.69) is 15.6 Å². The maximum atomic E-state index is 13.1. The van der Waals surface area contributed by atoms with Gasteiger partial charge >= 0.3 is 0 Å². The van der Waals surface area contributed by atoms with Crippen LogP contribution in [0.15, 0.2) is 53.3 Å². The Kier molecular flexibility index (Phi) is 6.46. The summed E-state index contributed by atoms with van der Waals surface area (Å²) in [5, 5.41) is 11.8. The lowest BCUT2D eigenvalue weighted by atomic mass is 10.0. The number of nitrogens with zero attached hydrogens (tertiary/aromatic N) is 4. The fraction of sp³-hybridized carbons (Fsp3) is 0.300. The molecule has 0 aliphatic carbocycles. The van der Waals surface area contributed by atoms with E-state index >= 15 is 0 Å². The molecular formula is C20H22ClN5O3. The second-order valence-electron chi connectivity index (χ2n) is 6.62. The number of aromatic nitrogens is 3. The number of piperazine rings is 1. The van der Waals surface area contributed by atoms with Gasteiger partial charge in [-0.25, -0.2) is 4.68 Å². The highest BCUT2D eigenvalue weighted by Crippen LogP contribution is 2.30. The molecule has 4 rings (SSSR count). The maximum Gasteiger partial charge on any atom is 0.278 e. The van der Waals surface area contributed by atoms with E-state index < -0.39 is 0 Å². The van der Waals surface area contributed by atoms with Crippen molar-refractivity contribution in [2.45, 2.75) is 12.6 Å². The summed E-state index contributed by atoms with van der Waals surface area (Å²) in [6.07, 6.45) is 0. The van der Waals surface area contributed by atoms with Crippen molar-refractivity contribution in [1.82, 2.24) is 25.2 Å². The van der Waals surface area contributed by atoms with Crippen molar-refractivity contribution < 1.29 is 9.53 Å². The largest absolute Gasteiger partial charge is 0.496 e. The third kappa shape index (κ3) is 4.08. The van der Waals surface area contributed by atoms with Crippen molar-refractivity contribution in [1.29, 1.82) is 0 Å². The minimum absolute atomic E-state index is 0. The van der Waals surface area contributed by atoms with Crippen LogP contribution in [0.1, 0.15) is 11.6 Å². The summed E-state index contributed by atoms with van der Waals surface area (Å²) in [5.41, 5.74) is 1.13. The number of benzene rings is 2. The smallest absolute Gasteiger partial charge is 0.278 e. The number of carbonyl (C=O) groups excluding carboxylic acids is 1. The Morgan fingerprint density at radius 3 is 2.79 bits per heavy atom. The molecule has 2 heterocycles. The Labute approximate surface area is 173 Å². The van der Waals surface area contributed by atoms with E-state index in [1.54, 1.807) is 36.3 Å². The third-order valence-electron chi connectivity index (χ3n) is 4.98. The molecule has 2 aromatic carbocycles. The highest BCUT2D eigenvalue weighted by molar-refractivity contribution is 5.85. The molecule has 0 radical (unpaired) electrons. The van der Waals surface area contributed by atoms with Gasteiger partial charge in [0.15, 0.2) is 0 Å². The number of hydrogen-bond donors (Lipinski definition) is 1. The average molecular weight is 416 g/mol. The molecule has 1 amide bonds. The van der Waals surface area contributed by atoms with Crippen LogP contribution in [0.4, 0.5) is 0 Å². The van der Waals surface area contributed by atoms with Gasteiger partial charge in [0, 0.05) is 25.2 Å². The van der Waals surface area contributed by atoms with E-state index in [1.165, 1.54) is 0 Å². The number of methoxy groups -OCH3 is 1. The number of carbonyl (C=O) groups is 1. The summed E-state index contributed by atoms with van der Waals surface area (Å²) in [6.45, 7) is 1.69. The van der Waals surface area contributed by atoms with Crippen LogP contribution in [-0.4, -0.2) is 52.5 Å². The van der Waals surface area contributed by atoms with Gasteiger partial charge in [-0.3, -0.25) is 9.59 Å². The minimum atomic E-state index is -0.317. The number of fused-ring (bicyclic) bond motifs is 1. The minimum Gasteiger partial charge on any atom is -0.496 e. The van der Waals surface area contributed by atoms with Crippen LogP contribution < -0.4 is 15.6 Å². The van der Waals surface area contributed by atoms with Gasteiger partial charge in [-0.2, -0.15) is 0 Å². The number of hydrogen-bond acceptors (Lipinski definition) is 6. The highest BCUT2D eigenvalue weighted by atomic mass is 35.5. The number of nitrogens with one attached hydrogen (secondary N) is 1. The topological polar surface area (TPSA) is 89.3 Å². The number of rotatable bonds is 4. The number of para-hydroxylation sites is 1. The summed E-state index contributed by atoms with van der Waals surface area (Å²) < 4.78 is 6.60. The summed E-state index contributed by atoms with van der Waals surface area (Å²) in [6, 6.07) is 14.5. The molecule has 9 heteroatoms. The predicted molar refractivity (Wildman–Crippen MR) is 111 cm³/mol. The summed E-state index contributed by atoms with van der Waals surface area (Å²) in [7, 11) is 1.62. The van der Waals surface area contributed by atoms with Gasteiger partial charge in [0.1, 0.15) is 17.8 Å². The molecule has 3 aromatic rings. The summed E-state index contributed by atoms with van der Waals surface area (Å²) in [4.78, 5) is 27.5. The van der Waals surface area contributed by atoms with E-state index in [0.29, 0.717) is 30.5 Å². The normalized spacial score (nSPS) is 16.3. The molecule has 0 bridgehead atoms. The van der Waals surface area contributed by atoms with Crippen LogP contribution >= 0.6 is 12.4 Å². The Morgan fingerprint density at radius 1 is 1.21 bits per heavy atom. The van der Waals surface area contributed by atoms with Crippen molar-refractivity contribution >= 4 is 29.2 Å². The number of halogens is 1. The molecule has 1 unspecified atom stereocenters. The molecule has 8 nitrogen and oxygen atoms in total. The molecule has 29 heavy (non-hydrogen) atoms. The lowest BCUT2D eigenvalue weighted by Crippen LogP contribution is -2.50. The van der Waals surface area contributed by atoms with Gasteiger partial charge < -0.3 is 15.0 Å². The van der Waals surface area contributed by atoms with Crippen molar-refractivity contribution in [2.75, 3.05) is 26.7 Å². The lowest BCUT2D eigenvalue weighted by Gasteiger charge is -2.37. The molecule has 1 atom stereocenters. The second-order valence-corrected chi connectivity index (χ2v) is 6.62. The highest BCUT2D eigenvalue weighted by Gasteiger charge is 2.30. The molecule has 0 spiro atoms. The lowest BCUT2D eigenvalue weighted by molar-refractivity contribution is -0.135. The van der Waals surface area contributed by atoms with Gasteiger partial charge in [-0.05, 0) is 18.2 Å². The average Bonchev–Trinajstić information content (AvgIpc) is 2.75. The van der Waals surface area contributed by atoms with Crippen LogP contribution in [0, 0.1) is 0 Å². The van der Waals surface area contributed by atoms with Crippen molar-refractivity contribution in [3.63, 3.8) is 0 Å². The Hall–Kier alpha value is -2.97. The van der Waals surface area contributed by atoms with Gasteiger partial charge in [-0.1, -0.05) is 35.5 Å². The summed E-state index contributed by atoms with van der Waals surface area (Å²) >= 11 is 0. The quantitative estimate of drug-likeness (QED) is 0.692. The van der Waals surface area contributed by atoms with Crippen LogP contribution in [0.25, 0.3) is 10.9 Å². The first-order valence-electron chi connectivity index (χ1n) is 9.14. The molecule has 1 N–H and O–H groups in total. The monoisotopic (exact) mass is 415 g/mol. The first kappa shape index (κ1) is 20.8. The van der Waals surface area contributed by atoms with Crippen LogP contribution in [0.2, 0.25) is 0 Å². The van der Waals surface area contributed by atoms with Crippen molar-refractivity contribution in [2.24, 2.45) is 0 Å². The van der Waals surface area contributed by atoms with Crippen LogP contribution in [0.3, 0.4) is 0 Å². The van der Waals surface area contributed by atoms with Gasteiger partial charge in [0.2, 0.25) is 5.91 Å². The van der Waals surface area contributed by atoms with E-state index in [1.807, 2.05) is 24.3 Å². The standard InChI is InChI=1S/C20H21N5O3.ClH/c1-28-18-9-5-3-7-15(18)17-12-21-10-11-24(17)19(26)13-25-20(27)14-6-2-4-8-16(14)22-23-25;/h2-9,17,21H,10-13H2,1H3;1H. The van der Waals surface area contributed by atoms with Crippen LogP contribution in [-0.2, 0) is 11.3 Å². The van der Waals surface area contributed by atoms with Gasteiger partial charge in [0.25, 0.3) is 5.56 Å². The molecule has 1 saturated heterocycles. The predicted octanol–water partition coefficient (Wildman–Crippen LogP) is 1.39. The van der Waals surface area contributed by atoms with Crippen LogP contribution in [0.5, 0.6) is 5.75 Å². The Morgan fingerprint density at radius 2 is 1.97 bits per heavy atom. The molecule has 1 fully saturated rings. The van der Waals surface area contributed by atoms with E-state index in [9.17, 15) is 9.59 Å². The zero-order valence-electron chi connectivity index (χ0n) is 15.9. The molecule has 1 aromatic heterocycles. The van der Waals surface area contributed by atoms with E-state index in [-0.39, 0.29) is 36.5 Å². The van der Waals surface area contributed by atoms with Gasteiger partial charge in [0.05, 0.1) is 18.5 Å². The van der Waals surface area contributed by atoms with Crippen molar-refractivity contribution in [3.05, 3.63) is 64.4 Å². The van der Waals surface area contributed by atoms with E-state index in [0.717, 1.165) is 16.0 Å². The first-order valence-corrected chi connectivity index (χ1v) is 9.14. The number of ether oxygens (including phenoxy) is 1. The van der Waals surface area contributed by atoms with Crippen molar-refractivity contribution in [3.8, 4) is 5.75 Å². The molecule has 0 saturated carbocycles. The summed E-state index contributed by atoms with van der Waals surface area (Å²) in [5.74, 6) is 0.556. The molecule has 152 valence electrons. The zero-order valence-corrected chi connectivity index (χ0v) is 16.8. The Balaban J connectivity index is 0.00000240. The Bertz CT molecular complexity index is 1070.